The molecule has 0 unspecified atom stereocenters. The SMILES string of the molecule is C[C@H](OC(=O)Cc1csc(-c2cccs2)n1)C(=O)Nc1cccc(F)c1. The van der Waals surface area contributed by atoms with Gasteiger partial charge < -0.3 is 10.1 Å². The van der Waals surface area contributed by atoms with E-state index in [4.69, 9.17) is 4.74 Å². The van der Waals surface area contributed by atoms with Crippen LogP contribution in [0.5, 0.6) is 0 Å². The minimum Gasteiger partial charge on any atom is -0.452 e. The molecule has 3 aromatic rings. The summed E-state index contributed by atoms with van der Waals surface area (Å²) in [6, 6.07) is 9.40. The van der Waals surface area contributed by atoms with Crippen molar-refractivity contribution in [3.63, 3.8) is 0 Å². The molecule has 0 saturated heterocycles. The summed E-state index contributed by atoms with van der Waals surface area (Å²) >= 11 is 3.03. The van der Waals surface area contributed by atoms with Crippen LogP contribution in [-0.2, 0) is 20.7 Å². The van der Waals surface area contributed by atoms with Crippen molar-refractivity contribution in [1.29, 1.82) is 0 Å². The van der Waals surface area contributed by atoms with Crippen LogP contribution in [0.2, 0.25) is 0 Å². The van der Waals surface area contributed by atoms with Gasteiger partial charge in [0.05, 0.1) is 17.0 Å². The van der Waals surface area contributed by atoms with Gasteiger partial charge in [-0.25, -0.2) is 9.37 Å². The second-order valence-electron chi connectivity index (χ2n) is 5.43. The summed E-state index contributed by atoms with van der Waals surface area (Å²) in [6.07, 6.45) is -1.01. The summed E-state index contributed by atoms with van der Waals surface area (Å²) in [7, 11) is 0. The Hall–Kier alpha value is -2.58. The fourth-order valence-corrected chi connectivity index (χ4v) is 3.79. The van der Waals surface area contributed by atoms with Crippen LogP contribution in [0.3, 0.4) is 0 Å². The Morgan fingerprint density at radius 3 is 2.85 bits per heavy atom. The number of halogens is 1. The molecule has 8 heteroatoms. The van der Waals surface area contributed by atoms with Gasteiger partial charge in [0, 0.05) is 11.1 Å². The number of aromatic nitrogens is 1. The van der Waals surface area contributed by atoms with Gasteiger partial charge >= 0.3 is 5.97 Å². The number of nitrogens with zero attached hydrogens (tertiary/aromatic N) is 1. The Morgan fingerprint density at radius 1 is 1.27 bits per heavy atom. The highest BCUT2D eigenvalue weighted by Crippen LogP contribution is 2.28. The standard InChI is InChI=1S/C18H15FN2O3S2/c1-11(17(23)20-13-5-2-4-12(19)8-13)24-16(22)9-14-10-26-18(21-14)15-6-3-7-25-15/h2-8,10-11H,9H2,1H3,(H,20,23)/t11-/m0/s1. The van der Waals surface area contributed by atoms with E-state index in [1.165, 1.54) is 36.5 Å². The first kappa shape index (κ1) is 18.2. The number of esters is 1. The maximum Gasteiger partial charge on any atom is 0.312 e. The molecule has 3 rings (SSSR count). The van der Waals surface area contributed by atoms with E-state index >= 15 is 0 Å². The molecular weight excluding hydrogens is 375 g/mol. The molecule has 0 aliphatic rings. The van der Waals surface area contributed by atoms with Gasteiger partial charge in [0.2, 0.25) is 0 Å². The van der Waals surface area contributed by atoms with E-state index < -0.39 is 23.8 Å². The third-order valence-corrected chi connectivity index (χ3v) is 5.31. The van der Waals surface area contributed by atoms with E-state index in [1.54, 1.807) is 22.8 Å². The molecule has 1 N–H and O–H groups in total. The van der Waals surface area contributed by atoms with Gasteiger partial charge in [0.25, 0.3) is 5.91 Å². The fourth-order valence-electron chi connectivity index (χ4n) is 2.15. The Morgan fingerprint density at radius 2 is 2.12 bits per heavy atom. The Labute approximate surface area is 157 Å². The zero-order chi connectivity index (χ0) is 18.5. The first-order valence-electron chi connectivity index (χ1n) is 7.75. The Kier molecular flexibility index (Phi) is 5.75. The number of ether oxygens (including phenoxy) is 1. The summed E-state index contributed by atoms with van der Waals surface area (Å²) in [5, 5.41) is 7.11. The minimum atomic E-state index is -0.999. The molecule has 1 atom stereocenters. The van der Waals surface area contributed by atoms with Crippen LogP contribution in [0.25, 0.3) is 9.88 Å². The normalized spacial score (nSPS) is 11.8. The first-order valence-corrected chi connectivity index (χ1v) is 9.51. The summed E-state index contributed by atoms with van der Waals surface area (Å²) in [5.41, 5.74) is 0.902. The zero-order valence-corrected chi connectivity index (χ0v) is 15.4. The molecule has 0 bridgehead atoms. The van der Waals surface area contributed by atoms with Crippen molar-refractivity contribution in [3.05, 3.63) is 58.7 Å². The average Bonchev–Trinajstić information content (AvgIpc) is 3.25. The van der Waals surface area contributed by atoms with E-state index in [-0.39, 0.29) is 6.42 Å². The first-order chi connectivity index (χ1) is 12.5. The average molecular weight is 390 g/mol. The van der Waals surface area contributed by atoms with Crippen molar-refractivity contribution < 1.29 is 18.7 Å². The number of carbonyl (C=O) groups is 2. The van der Waals surface area contributed by atoms with Crippen LogP contribution in [0, 0.1) is 5.82 Å². The lowest BCUT2D eigenvalue weighted by Crippen LogP contribution is -2.30. The third-order valence-electron chi connectivity index (χ3n) is 3.38. The highest BCUT2D eigenvalue weighted by molar-refractivity contribution is 7.20. The number of benzene rings is 1. The minimum absolute atomic E-state index is 0.0144. The lowest BCUT2D eigenvalue weighted by atomic mass is 10.3. The number of carbonyl (C=O) groups excluding carboxylic acids is 2. The number of hydrogen-bond donors (Lipinski definition) is 1. The molecule has 2 heterocycles. The quantitative estimate of drug-likeness (QED) is 0.643. The predicted octanol–water partition coefficient (Wildman–Crippen LogP) is 4.12. The molecule has 26 heavy (non-hydrogen) atoms. The number of thiophene rings is 1. The maximum absolute atomic E-state index is 13.1. The van der Waals surface area contributed by atoms with Gasteiger partial charge in [0.15, 0.2) is 6.10 Å². The molecule has 0 aliphatic carbocycles. The van der Waals surface area contributed by atoms with Crippen molar-refractivity contribution in [2.45, 2.75) is 19.4 Å². The second-order valence-corrected chi connectivity index (χ2v) is 7.24. The van der Waals surface area contributed by atoms with Crippen LogP contribution in [-0.4, -0.2) is 23.0 Å². The van der Waals surface area contributed by atoms with Gasteiger partial charge in [-0.3, -0.25) is 9.59 Å². The van der Waals surface area contributed by atoms with Crippen molar-refractivity contribution in [3.8, 4) is 9.88 Å². The maximum atomic E-state index is 13.1. The summed E-state index contributed by atoms with van der Waals surface area (Å²) < 4.78 is 18.3. The molecule has 0 spiro atoms. The summed E-state index contributed by atoms with van der Waals surface area (Å²) in [4.78, 5) is 29.5. The number of anilines is 1. The van der Waals surface area contributed by atoms with Crippen molar-refractivity contribution in [2.24, 2.45) is 0 Å². The van der Waals surface area contributed by atoms with Gasteiger partial charge in [0.1, 0.15) is 10.8 Å². The third kappa shape index (κ3) is 4.74. The van der Waals surface area contributed by atoms with Crippen LogP contribution in [0.4, 0.5) is 10.1 Å². The van der Waals surface area contributed by atoms with E-state index in [1.807, 2.05) is 17.5 Å². The molecule has 2 aromatic heterocycles. The molecule has 1 amide bonds. The zero-order valence-electron chi connectivity index (χ0n) is 13.8. The van der Waals surface area contributed by atoms with Gasteiger partial charge in [-0.15, -0.1) is 22.7 Å². The van der Waals surface area contributed by atoms with Crippen molar-refractivity contribution in [1.82, 2.24) is 4.98 Å². The highest BCUT2D eigenvalue weighted by Gasteiger charge is 2.19. The molecule has 0 saturated carbocycles. The van der Waals surface area contributed by atoms with Crippen LogP contribution in [0.15, 0.2) is 47.2 Å². The lowest BCUT2D eigenvalue weighted by Gasteiger charge is -2.13. The van der Waals surface area contributed by atoms with Crippen molar-refractivity contribution in [2.75, 3.05) is 5.32 Å². The van der Waals surface area contributed by atoms with E-state index in [0.29, 0.717) is 11.4 Å². The highest BCUT2D eigenvalue weighted by atomic mass is 32.1. The van der Waals surface area contributed by atoms with Crippen molar-refractivity contribution >= 4 is 40.2 Å². The summed E-state index contributed by atoms with van der Waals surface area (Å²) in [6.45, 7) is 1.46. The van der Waals surface area contributed by atoms with Crippen LogP contribution < -0.4 is 5.32 Å². The van der Waals surface area contributed by atoms with Gasteiger partial charge in [-0.2, -0.15) is 0 Å². The Balaban J connectivity index is 1.53. The fraction of sp³-hybridized carbons (Fsp3) is 0.167. The second kappa shape index (κ2) is 8.20. The van der Waals surface area contributed by atoms with Gasteiger partial charge in [-0.1, -0.05) is 12.1 Å². The molecule has 1 aromatic carbocycles. The number of nitrogens with one attached hydrogen (secondary N) is 1. The molecular formula is C18H15FN2O3S2. The number of rotatable bonds is 6. The summed E-state index contributed by atoms with van der Waals surface area (Å²) in [5.74, 6) is -1.53. The monoisotopic (exact) mass is 390 g/mol. The van der Waals surface area contributed by atoms with E-state index in [0.717, 1.165) is 9.88 Å². The molecule has 0 aliphatic heterocycles. The number of hydrogen-bond acceptors (Lipinski definition) is 6. The molecule has 5 nitrogen and oxygen atoms in total. The van der Waals surface area contributed by atoms with Gasteiger partial charge in [-0.05, 0) is 36.6 Å². The van der Waals surface area contributed by atoms with Crippen LogP contribution in [0.1, 0.15) is 12.6 Å². The Bertz CT molecular complexity index is 909. The lowest BCUT2D eigenvalue weighted by molar-refractivity contribution is -0.152. The van der Waals surface area contributed by atoms with E-state index in [9.17, 15) is 14.0 Å². The smallest absolute Gasteiger partial charge is 0.312 e. The molecule has 0 fully saturated rings. The predicted molar refractivity (Wildman–Crippen MR) is 99.7 cm³/mol. The topological polar surface area (TPSA) is 68.3 Å². The molecule has 134 valence electrons. The van der Waals surface area contributed by atoms with Crippen LogP contribution >= 0.6 is 22.7 Å². The largest absolute Gasteiger partial charge is 0.452 e. The molecule has 0 radical (unpaired) electrons. The number of thiazole rings is 1. The number of amides is 1. The van der Waals surface area contributed by atoms with E-state index in [2.05, 4.69) is 10.3 Å².